The van der Waals surface area contributed by atoms with Gasteiger partial charge in [0.15, 0.2) is 0 Å². The minimum atomic E-state index is -0.939. The Kier molecular flexibility index (Phi) is 10.5. The number of benzene rings is 3. The van der Waals surface area contributed by atoms with Crippen LogP contribution in [-0.4, -0.2) is 24.6 Å². The van der Waals surface area contributed by atoms with E-state index in [1.165, 1.54) is 16.7 Å². The summed E-state index contributed by atoms with van der Waals surface area (Å²) in [5, 5.41) is 3.33. The first-order valence-electron chi connectivity index (χ1n) is 12.5. The molecule has 0 aliphatic rings. The molecular formula is C31H35O4P. The molecule has 4 nitrogen and oxygen atoms in total. The van der Waals surface area contributed by atoms with Crippen molar-refractivity contribution in [2.24, 2.45) is 11.8 Å². The number of rotatable bonds is 11. The van der Waals surface area contributed by atoms with Crippen molar-refractivity contribution >= 4 is 35.8 Å². The maximum atomic E-state index is 13.6. The summed E-state index contributed by atoms with van der Waals surface area (Å²) in [6.45, 7) is 8.27. The third-order valence-electron chi connectivity index (χ3n) is 5.90. The number of hydrogen-bond acceptors (Lipinski definition) is 4. The second-order valence-corrected chi connectivity index (χ2v) is 11.2. The van der Waals surface area contributed by atoms with E-state index in [1.54, 1.807) is 13.0 Å². The van der Waals surface area contributed by atoms with Crippen LogP contribution in [0.4, 0.5) is 0 Å². The fraction of sp³-hybridized carbons (Fsp3) is 0.290. The smallest absolute Gasteiger partial charge is 0.339 e. The van der Waals surface area contributed by atoms with Crippen LogP contribution in [0.2, 0.25) is 0 Å². The molecule has 0 aliphatic carbocycles. The van der Waals surface area contributed by atoms with Gasteiger partial charge in [0.05, 0.1) is 12.2 Å². The molecule has 3 aromatic carbocycles. The highest BCUT2D eigenvalue weighted by Crippen LogP contribution is 2.34. The Balaban J connectivity index is 1.89. The SMILES string of the molecule is CCOC(=O)/C=C/C[C@@H](C)[C@H](OC(=O)c1ccccc1P(c1ccccc1)c1ccccc1)C(C)C. The van der Waals surface area contributed by atoms with Gasteiger partial charge in [-0.15, -0.1) is 0 Å². The second kappa shape index (κ2) is 13.8. The highest BCUT2D eigenvalue weighted by Gasteiger charge is 2.28. The van der Waals surface area contributed by atoms with Gasteiger partial charge < -0.3 is 9.47 Å². The lowest BCUT2D eigenvalue weighted by Crippen LogP contribution is -2.32. The van der Waals surface area contributed by atoms with Crippen LogP contribution >= 0.6 is 7.92 Å². The molecule has 3 aromatic rings. The number of carbonyl (C=O) groups excluding carboxylic acids is 2. The number of allylic oxidation sites excluding steroid dienone is 1. The highest BCUT2D eigenvalue weighted by molar-refractivity contribution is 7.80. The summed E-state index contributed by atoms with van der Waals surface area (Å²) in [4.78, 5) is 25.2. The summed E-state index contributed by atoms with van der Waals surface area (Å²) in [6.07, 6.45) is 3.56. The molecule has 5 heteroatoms. The second-order valence-electron chi connectivity index (χ2n) is 9.01. The molecule has 0 fully saturated rings. The molecule has 3 rings (SSSR count). The Labute approximate surface area is 216 Å². The minimum absolute atomic E-state index is 0.0385. The van der Waals surface area contributed by atoms with E-state index in [-0.39, 0.29) is 29.9 Å². The molecule has 2 atom stereocenters. The fourth-order valence-electron chi connectivity index (χ4n) is 4.22. The molecule has 0 amide bonds. The first kappa shape index (κ1) is 27.4. The van der Waals surface area contributed by atoms with Crippen molar-refractivity contribution in [3.8, 4) is 0 Å². The van der Waals surface area contributed by atoms with E-state index in [9.17, 15) is 9.59 Å². The van der Waals surface area contributed by atoms with Crippen molar-refractivity contribution in [1.82, 2.24) is 0 Å². The van der Waals surface area contributed by atoms with E-state index < -0.39 is 7.92 Å². The molecule has 0 bridgehead atoms. The summed E-state index contributed by atoms with van der Waals surface area (Å²) in [7, 11) is -0.939. The van der Waals surface area contributed by atoms with E-state index >= 15 is 0 Å². The van der Waals surface area contributed by atoms with E-state index in [0.717, 1.165) is 5.30 Å². The Morgan fingerprint density at radius 3 is 1.94 bits per heavy atom. The molecule has 0 saturated heterocycles. The first-order chi connectivity index (χ1) is 17.4. The molecule has 0 spiro atoms. The lowest BCUT2D eigenvalue weighted by Gasteiger charge is -2.28. The maximum Gasteiger partial charge on any atom is 0.339 e. The minimum Gasteiger partial charge on any atom is -0.463 e. The fourth-order valence-corrected chi connectivity index (χ4v) is 6.66. The van der Waals surface area contributed by atoms with E-state index in [2.05, 4.69) is 38.1 Å². The molecule has 0 aliphatic heterocycles. The number of hydrogen-bond donors (Lipinski definition) is 0. The van der Waals surface area contributed by atoms with Crippen LogP contribution in [0.15, 0.2) is 97.1 Å². The van der Waals surface area contributed by atoms with Crippen molar-refractivity contribution in [3.63, 3.8) is 0 Å². The van der Waals surface area contributed by atoms with Gasteiger partial charge in [0.1, 0.15) is 6.10 Å². The van der Waals surface area contributed by atoms with Crippen LogP contribution in [0, 0.1) is 11.8 Å². The quantitative estimate of drug-likeness (QED) is 0.190. The summed E-state index contributed by atoms with van der Waals surface area (Å²) in [6, 6.07) is 28.4. The Morgan fingerprint density at radius 1 is 0.833 bits per heavy atom. The standard InChI is InChI=1S/C31H35O4P/c1-5-34-29(32)22-14-15-24(4)30(23(2)3)35-31(33)27-20-12-13-21-28(27)36(25-16-8-6-9-17-25)26-18-10-7-11-19-26/h6-14,16-24,30H,5,15H2,1-4H3/b22-14+/t24-,30-/m1/s1. The van der Waals surface area contributed by atoms with Gasteiger partial charge in [-0.1, -0.05) is 106 Å². The molecule has 0 aromatic heterocycles. The topological polar surface area (TPSA) is 52.6 Å². The average Bonchev–Trinajstić information content (AvgIpc) is 2.89. The molecule has 36 heavy (non-hydrogen) atoms. The number of esters is 2. The van der Waals surface area contributed by atoms with Gasteiger partial charge in [-0.05, 0) is 55.1 Å². The van der Waals surface area contributed by atoms with Crippen molar-refractivity contribution in [2.75, 3.05) is 6.61 Å². The van der Waals surface area contributed by atoms with E-state index in [4.69, 9.17) is 9.47 Å². The Morgan fingerprint density at radius 2 is 1.39 bits per heavy atom. The van der Waals surface area contributed by atoms with Crippen LogP contribution in [0.5, 0.6) is 0 Å². The molecule has 0 N–H and O–H groups in total. The van der Waals surface area contributed by atoms with Crippen molar-refractivity contribution in [1.29, 1.82) is 0 Å². The van der Waals surface area contributed by atoms with Crippen LogP contribution in [0.1, 0.15) is 44.5 Å². The van der Waals surface area contributed by atoms with Gasteiger partial charge in [-0.25, -0.2) is 9.59 Å². The summed E-state index contributed by atoms with van der Waals surface area (Å²) in [5.41, 5.74) is 0.594. The molecule has 0 radical (unpaired) electrons. The van der Waals surface area contributed by atoms with E-state index in [0.29, 0.717) is 18.6 Å². The Bertz CT molecular complexity index is 1100. The third-order valence-corrected chi connectivity index (χ3v) is 8.40. The van der Waals surface area contributed by atoms with Crippen LogP contribution in [0.25, 0.3) is 0 Å². The molecule has 0 heterocycles. The predicted molar refractivity (Wildman–Crippen MR) is 149 cm³/mol. The Hall–Kier alpha value is -3.23. The predicted octanol–water partition coefficient (Wildman–Crippen LogP) is 5.77. The highest BCUT2D eigenvalue weighted by atomic mass is 31.1. The normalized spacial score (nSPS) is 13.1. The van der Waals surface area contributed by atoms with Crippen LogP contribution in [-0.2, 0) is 14.3 Å². The summed E-state index contributed by atoms with van der Waals surface area (Å²) < 4.78 is 11.1. The van der Waals surface area contributed by atoms with E-state index in [1.807, 2.05) is 67.6 Å². The molecule has 0 saturated carbocycles. The van der Waals surface area contributed by atoms with Gasteiger partial charge in [-0.2, -0.15) is 0 Å². The van der Waals surface area contributed by atoms with Crippen molar-refractivity contribution in [2.45, 2.75) is 40.2 Å². The number of ether oxygens (including phenoxy) is 2. The third kappa shape index (κ3) is 7.38. The largest absolute Gasteiger partial charge is 0.463 e. The lowest BCUT2D eigenvalue weighted by molar-refractivity contribution is -0.137. The molecule has 0 unspecified atom stereocenters. The average molecular weight is 503 g/mol. The molecule has 188 valence electrons. The zero-order valence-electron chi connectivity index (χ0n) is 21.5. The van der Waals surface area contributed by atoms with Crippen molar-refractivity contribution in [3.05, 3.63) is 103 Å². The van der Waals surface area contributed by atoms with Gasteiger partial charge in [0.25, 0.3) is 0 Å². The maximum absolute atomic E-state index is 13.6. The monoisotopic (exact) mass is 502 g/mol. The van der Waals surface area contributed by atoms with Gasteiger partial charge in [-0.3, -0.25) is 0 Å². The van der Waals surface area contributed by atoms with Gasteiger partial charge in [0.2, 0.25) is 0 Å². The lowest BCUT2D eigenvalue weighted by atomic mass is 9.92. The van der Waals surface area contributed by atoms with Gasteiger partial charge in [0, 0.05) is 6.08 Å². The summed E-state index contributed by atoms with van der Waals surface area (Å²) in [5.74, 6) is -0.509. The summed E-state index contributed by atoms with van der Waals surface area (Å²) >= 11 is 0. The van der Waals surface area contributed by atoms with Crippen LogP contribution < -0.4 is 15.9 Å². The van der Waals surface area contributed by atoms with Crippen LogP contribution in [0.3, 0.4) is 0 Å². The number of carbonyl (C=O) groups is 2. The van der Waals surface area contributed by atoms with Gasteiger partial charge >= 0.3 is 11.9 Å². The first-order valence-corrected chi connectivity index (χ1v) is 13.8. The molecular weight excluding hydrogens is 467 g/mol. The zero-order chi connectivity index (χ0) is 25.9. The van der Waals surface area contributed by atoms with Crippen molar-refractivity contribution < 1.29 is 19.1 Å². The zero-order valence-corrected chi connectivity index (χ0v) is 22.4.